The van der Waals surface area contributed by atoms with Gasteiger partial charge in [0.2, 0.25) is 0 Å². The molecular formula is C14H20N2O2S. The number of amides is 1. The Bertz CT molecular complexity index is 484. The van der Waals surface area contributed by atoms with Gasteiger partial charge in [-0.05, 0) is 45.9 Å². The number of thiocarbonyl (C=S) groups is 1. The summed E-state index contributed by atoms with van der Waals surface area (Å²) in [4.78, 5) is 12.4. The number of carbonyl (C=O) groups is 1. The first-order chi connectivity index (χ1) is 8.72. The van der Waals surface area contributed by atoms with Crippen LogP contribution in [0.25, 0.3) is 0 Å². The molecule has 0 unspecified atom stereocenters. The van der Waals surface area contributed by atoms with Crippen molar-refractivity contribution in [3.05, 3.63) is 29.8 Å². The first-order valence-corrected chi connectivity index (χ1v) is 6.52. The summed E-state index contributed by atoms with van der Waals surface area (Å²) in [5.41, 5.74) is 5.38. The van der Waals surface area contributed by atoms with E-state index in [4.69, 9.17) is 22.7 Å². The quantitative estimate of drug-likeness (QED) is 0.812. The fourth-order valence-corrected chi connectivity index (χ4v) is 1.45. The topological polar surface area (TPSA) is 64.3 Å². The molecule has 0 fully saturated rings. The number of carbonyl (C=O) groups excluding carboxylic acids is 1. The second kappa shape index (κ2) is 6.02. The summed E-state index contributed by atoms with van der Waals surface area (Å²) >= 11 is 4.92. The first kappa shape index (κ1) is 15.4. The number of ether oxygens (including phenoxy) is 1. The molecule has 1 aromatic rings. The van der Waals surface area contributed by atoms with Crippen LogP contribution in [-0.4, -0.2) is 22.5 Å². The van der Waals surface area contributed by atoms with E-state index >= 15 is 0 Å². The Morgan fingerprint density at radius 3 is 2.58 bits per heavy atom. The number of nitrogens with one attached hydrogen (secondary N) is 1. The highest BCUT2D eigenvalue weighted by Crippen LogP contribution is 2.15. The van der Waals surface area contributed by atoms with Gasteiger partial charge in [-0.2, -0.15) is 0 Å². The third kappa shape index (κ3) is 4.52. The lowest BCUT2D eigenvalue weighted by Crippen LogP contribution is -2.52. The van der Waals surface area contributed by atoms with E-state index in [2.05, 4.69) is 5.32 Å². The van der Waals surface area contributed by atoms with Crippen LogP contribution in [0.4, 0.5) is 0 Å². The van der Waals surface area contributed by atoms with Gasteiger partial charge in [0.25, 0.3) is 5.91 Å². The van der Waals surface area contributed by atoms with Crippen molar-refractivity contribution in [2.24, 2.45) is 5.73 Å². The van der Waals surface area contributed by atoms with Crippen molar-refractivity contribution in [3.8, 4) is 5.75 Å². The molecule has 3 N–H and O–H groups in total. The Balaban J connectivity index is 2.86. The molecule has 0 atom stereocenters. The minimum atomic E-state index is -0.721. The van der Waals surface area contributed by atoms with E-state index in [-0.39, 0.29) is 17.0 Å². The van der Waals surface area contributed by atoms with Crippen molar-refractivity contribution in [2.45, 2.75) is 39.3 Å². The predicted molar refractivity (Wildman–Crippen MR) is 80.5 cm³/mol. The number of nitrogens with two attached hydrogens (primary N) is 1. The molecule has 0 spiro atoms. The smallest absolute Gasteiger partial charge is 0.252 e. The zero-order valence-electron chi connectivity index (χ0n) is 11.7. The van der Waals surface area contributed by atoms with Crippen molar-refractivity contribution < 1.29 is 9.53 Å². The van der Waals surface area contributed by atoms with E-state index in [1.165, 1.54) is 0 Å². The second-order valence-corrected chi connectivity index (χ2v) is 5.58. The standard InChI is InChI=1S/C14H20N2O2S/c1-9(2)18-11-7-5-6-10(8-11)12(17)16-14(3,4)13(15)19/h5-9H,1-4H3,(H2,15,19)(H,16,17). The number of hydrogen-bond acceptors (Lipinski definition) is 3. The van der Waals surface area contributed by atoms with Gasteiger partial charge in [-0.1, -0.05) is 18.3 Å². The van der Waals surface area contributed by atoms with Gasteiger partial charge >= 0.3 is 0 Å². The highest BCUT2D eigenvalue weighted by Gasteiger charge is 2.24. The molecule has 1 amide bonds. The molecule has 0 radical (unpaired) electrons. The predicted octanol–water partition coefficient (Wildman–Crippen LogP) is 2.27. The Hall–Kier alpha value is -1.62. The molecule has 0 saturated heterocycles. The molecular weight excluding hydrogens is 260 g/mol. The third-order valence-corrected chi connectivity index (χ3v) is 3.02. The van der Waals surface area contributed by atoms with Crippen LogP contribution >= 0.6 is 12.2 Å². The lowest BCUT2D eigenvalue weighted by molar-refractivity contribution is 0.0931. The lowest BCUT2D eigenvalue weighted by atomic mass is 10.0. The largest absolute Gasteiger partial charge is 0.491 e. The molecule has 0 bridgehead atoms. The Morgan fingerprint density at radius 2 is 2.05 bits per heavy atom. The molecule has 0 aliphatic rings. The third-order valence-electron chi connectivity index (χ3n) is 2.51. The Labute approximate surface area is 119 Å². The average Bonchev–Trinajstić information content (AvgIpc) is 2.27. The first-order valence-electron chi connectivity index (χ1n) is 6.11. The summed E-state index contributed by atoms with van der Waals surface area (Å²) in [7, 11) is 0. The van der Waals surface area contributed by atoms with Gasteiger partial charge in [0.1, 0.15) is 5.75 Å². The van der Waals surface area contributed by atoms with Gasteiger partial charge in [0.05, 0.1) is 16.6 Å². The van der Waals surface area contributed by atoms with Crippen LogP contribution in [0.1, 0.15) is 38.1 Å². The summed E-state index contributed by atoms with van der Waals surface area (Å²) < 4.78 is 5.55. The van der Waals surface area contributed by atoms with Crippen molar-refractivity contribution in [1.29, 1.82) is 0 Å². The lowest BCUT2D eigenvalue weighted by Gasteiger charge is -2.24. The number of benzene rings is 1. The summed E-state index contributed by atoms with van der Waals surface area (Å²) in [5.74, 6) is 0.433. The molecule has 0 saturated carbocycles. The molecule has 0 heterocycles. The van der Waals surface area contributed by atoms with Crippen LogP contribution < -0.4 is 15.8 Å². The van der Waals surface area contributed by atoms with Crippen LogP contribution in [0.5, 0.6) is 5.75 Å². The van der Waals surface area contributed by atoms with Crippen LogP contribution in [0, 0.1) is 0 Å². The van der Waals surface area contributed by atoms with Crippen LogP contribution in [0.15, 0.2) is 24.3 Å². The fourth-order valence-electron chi connectivity index (χ4n) is 1.40. The van der Waals surface area contributed by atoms with E-state index in [0.717, 1.165) is 0 Å². The van der Waals surface area contributed by atoms with E-state index < -0.39 is 5.54 Å². The van der Waals surface area contributed by atoms with Gasteiger partial charge in [-0.3, -0.25) is 4.79 Å². The molecule has 104 valence electrons. The summed E-state index contributed by atoms with van der Waals surface area (Å²) in [6.07, 6.45) is 0.0615. The molecule has 5 heteroatoms. The number of hydrogen-bond donors (Lipinski definition) is 2. The molecule has 0 aromatic heterocycles. The summed E-state index contributed by atoms with van der Waals surface area (Å²) in [5, 5.41) is 2.79. The van der Waals surface area contributed by atoms with E-state index in [9.17, 15) is 4.79 Å². The van der Waals surface area contributed by atoms with Crippen LogP contribution in [-0.2, 0) is 0 Å². The fraction of sp³-hybridized carbons (Fsp3) is 0.429. The number of rotatable bonds is 5. The van der Waals surface area contributed by atoms with Crippen molar-refractivity contribution >= 4 is 23.1 Å². The van der Waals surface area contributed by atoms with Crippen molar-refractivity contribution in [3.63, 3.8) is 0 Å². The summed E-state index contributed by atoms with van der Waals surface area (Å²) in [6, 6.07) is 7.01. The maximum Gasteiger partial charge on any atom is 0.252 e. The van der Waals surface area contributed by atoms with Gasteiger partial charge < -0.3 is 15.8 Å². The molecule has 1 aromatic carbocycles. The highest BCUT2D eigenvalue weighted by atomic mass is 32.1. The van der Waals surface area contributed by atoms with E-state index in [1.54, 1.807) is 32.0 Å². The van der Waals surface area contributed by atoms with E-state index in [0.29, 0.717) is 11.3 Å². The van der Waals surface area contributed by atoms with Crippen molar-refractivity contribution in [1.82, 2.24) is 5.32 Å². The molecule has 4 nitrogen and oxygen atoms in total. The van der Waals surface area contributed by atoms with Crippen LogP contribution in [0.3, 0.4) is 0 Å². The SMILES string of the molecule is CC(C)Oc1cccc(C(=O)NC(C)(C)C(N)=S)c1. The van der Waals surface area contributed by atoms with E-state index in [1.807, 2.05) is 19.9 Å². The van der Waals surface area contributed by atoms with Crippen molar-refractivity contribution in [2.75, 3.05) is 0 Å². The van der Waals surface area contributed by atoms with Gasteiger partial charge in [0, 0.05) is 5.56 Å². The van der Waals surface area contributed by atoms with Gasteiger partial charge in [-0.15, -0.1) is 0 Å². The zero-order valence-corrected chi connectivity index (χ0v) is 12.5. The van der Waals surface area contributed by atoms with Gasteiger partial charge in [0.15, 0.2) is 0 Å². The zero-order chi connectivity index (χ0) is 14.6. The minimum Gasteiger partial charge on any atom is -0.491 e. The summed E-state index contributed by atoms with van der Waals surface area (Å²) in [6.45, 7) is 7.40. The normalized spacial score (nSPS) is 11.2. The maximum atomic E-state index is 12.1. The monoisotopic (exact) mass is 280 g/mol. The average molecular weight is 280 g/mol. The van der Waals surface area contributed by atoms with Gasteiger partial charge in [-0.25, -0.2) is 0 Å². The molecule has 19 heavy (non-hydrogen) atoms. The van der Waals surface area contributed by atoms with Crippen LogP contribution in [0.2, 0.25) is 0 Å². The second-order valence-electron chi connectivity index (χ2n) is 5.14. The minimum absolute atomic E-state index is 0.0615. The Kier molecular flexibility index (Phi) is 4.89. The molecule has 0 aliphatic heterocycles. The molecule has 1 rings (SSSR count). The Morgan fingerprint density at radius 1 is 1.42 bits per heavy atom. The molecule has 0 aliphatic carbocycles. The highest BCUT2D eigenvalue weighted by molar-refractivity contribution is 7.80. The maximum absolute atomic E-state index is 12.1.